The number of carboxylic acids is 2. The van der Waals surface area contributed by atoms with Gasteiger partial charge >= 0.3 is 11.9 Å². The van der Waals surface area contributed by atoms with Gasteiger partial charge < -0.3 is 36.9 Å². The molecule has 8 N–H and O–H groups in total. The van der Waals surface area contributed by atoms with Crippen molar-refractivity contribution < 1.29 is 34.2 Å². The summed E-state index contributed by atoms with van der Waals surface area (Å²) >= 11 is 0. The highest BCUT2D eigenvalue weighted by Gasteiger charge is 2.32. The fourth-order valence-corrected chi connectivity index (χ4v) is 3.57. The molecule has 1 aromatic heterocycles. The fraction of sp³-hybridized carbons (Fsp3) is 0.435. The number of fused-ring (bicyclic) bond motifs is 1. The summed E-state index contributed by atoms with van der Waals surface area (Å²) in [7, 11) is 0. The molecule has 0 saturated heterocycles. The van der Waals surface area contributed by atoms with Crippen LogP contribution in [-0.2, 0) is 30.4 Å². The van der Waals surface area contributed by atoms with E-state index in [-0.39, 0.29) is 18.9 Å². The van der Waals surface area contributed by atoms with Crippen LogP contribution in [0.2, 0.25) is 0 Å². The fourth-order valence-electron chi connectivity index (χ4n) is 3.57. The Hall–Kier alpha value is -3.93. The van der Waals surface area contributed by atoms with Gasteiger partial charge in [0.05, 0.1) is 13.0 Å². The molecular weight excluding hydrogens is 458 g/mol. The van der Waals surface area contributed by atoms with Gasteiger partial charge in [0.2, 0.25) is 17.7 Å². The number of rotatable bonds is 13. The zero-order chi connectivity index (χ0) is 26.1. The lowest BCUT2D eigenvalue weighted by atomic mass is 9.97. The molecule has 4 atom stereocenters. The number of para-hydroxylation sites is 1. The maximum atomic E-state index is 13.1. The van der Waals surface area contributed by atoms with Crippen LogP contribution in [0.15, 0.2) is 30.5 Å². The van der Waals surface area contributed by atoms with Gasteiger partial charge in [0.15, 0.2) is 0 Å². The highest BCUT2D eigenvalue weighted by Crippen LogP contribution is 2.19. The monoisotopic (exact) mass is 489 g/mol. The number of nitrogens with one attached hydrogen (secondary N) is 4. The van der Waals surface area contributed by atoms with E-state index in [1.165, 1.54) is 0 Å². The minimum atomic E-state index is -1.69. The van der Waals surface area contributed by atoms with E-state index in [2.05, 4.69) is 20.9 Å². The first-order chi connectivity index (χ1) is 16.6. The minimum Gasteiger partial charge on any atom is -0.481 e. The lowest BCUT2D eigenvalue weighted by Gasteiger charge is -2.27. The third-order valence-electron chi connectivity index (χ3n) is 5.72. The summed E-state index contributed by atoms with van der Waals surface area (Å²) in [5, 5.41) is 26.5. The van der Waals surface area contributed by atoms with E-state index in [4.69, 9.17) is 10.8 Å². The molecule has 0 aliphatic carbocycles. The first kappa shape index (κ1) is 27.3. The standard InChI is InChI=1S/C23H31N5O7/c1-3-12(2)20(28-18(29)10-24)22(33)26-16(21(32)27-17(23(34)35)9-19(30)31)8-13-11-25-15-7-5-4-6-14(13)15/h4-7,11-12,16-17,20,25H,3,8-10,24H2,1-2H3,(H,26,33)(H,27,32)(H,28,29)(H,30,31)(H,34,35). The molecule has 3 amide bonds. The smallest absolute Gasteiger partial charge is 0.326 e. The Bertz CT molecular complexity index is 1080. The van der Waals surface area contributed by atoms with Crippen LogP contribution in [0.5, 0.6) is 0 Å². The van der Waals surface area contributed by atoms with Crippen LogP contribution < -0.4 is 21.7 Å². The molecule has 1 aromatic carbocycles. The molecule has 0 aliphatic heterocycles. The van der Waals surface area contributed by atoms with E-state index >= 15 is 0 Å². The van der Waals surface area contributed by atoms with Crippen LogP contribution in [-0.4, -0.2) is 69.5 Å². The Labute approximate surface area is 201 Å². The first-order valence-electron chi connectivity index (χ1n) is 11.2. The van der Waals surface area contributed by atoms with Gasteiger partial charge in [-0.3, -0.25) is 19.2 Å². The van der Waals surface area contributed by atoms with Crippen molar-refractivity contribution in [2.75, 3.05) is 6.54 Å². The number of aromatic nitrogens is 1. The van der Waals surface area contributed by atoms with Crippen molar-refractivity contribution in [1.29, 1.82) is 0 Å². The van der Waals surface area contributed by atoms with Crippen molar-refractivity contribution in [3.05, 3.63) is 36.0 Å². The van der Waals surface area contributed by atoms with E-state index < -0.39 is 54.2 Å². The Morgan fingerprint density at radius 1 is 1.00 bits per heavy atom. The summed E-state index contributed by atoms with van der Waals surface area (Å²) in [6.07, 6.45) is 1.36. The number of nitrogens with two attached hydrogens (primary N) is 1. The van der Waals surface area contributed by atoms with Gasteiger partial charge in [0.1, 0.15) is 18.1 Å². The molecule has 35 heavy (non-hydrogen) atoms. The van der Waals surface area contributed by atoms with E-state index in [0.29, 0.717) is 12.0 Å². The quantitative estimate of drug-likeness (QED) is 0.199. The number of carbonyl (C=O) groups is 5. The predicted octanol–water partition coefficient (Wildman–Crippen LogP) is -0.271. The number of carboxylic acid groups (broad SMARTS) is 2. The number of amides is 3. The molecule has 12 nitrogen and oxygen atoms in total. The molecular formula is C23H31N5O7. The van der Waals surface area contributed by atoms with Crippen molar-refractivity contribution in [2.45, 2.75) is 51.2 Å². The lowest BCUT2D eigenvalue weighted by Crippen LogP contribution is -2.58. The molecule has 0 aliphatic rings. The summed E-state index contributed by atoms with van der Waals surface area (Å²) in [6.45, 7) is 3.26. The van der Waals surface area contributed by atoms with Crippen molar-refractivity contribution in [3.63, 3.8) is 0 Å². The van der Waals surface area contributed by atoms with E-state index in [9.17, 15) is 29.1 Å². The molecule has 2 rings (SSSR count). The summed E-state index contributed by atoms with van der Waals surface area (Å²) in [6, 6.07) is 3.37. The molecule has 0 spiro atoms. The molecule has 190 valence electrons. The van der Waals surface area contributed by atoms with Crippen molar-refractivity contribution >= 4 is 40.6 Å². The maximum Gasteiger partial charge on any atom is 0.326 e. The first-order valence-corrected chi connectivity index (χ1v) is 11.2. The molecule has 0 bridgehead atoms. The minimum absolute atomic E-state index is 0.0148. The average molecular weight is 490 g/mol. The van der Waals surface area contributed by atoms with Gasteiger partial charge in [-0.05, 0) is 17.5 Å². The van der Waals surface area contributed by atoms with Crippen LogP contribution in [0, 0.1) is 5.92 Å². The van der Waals surface area contributed by atoms with E-state index in [1.54, 1.807) is 13.1 Å². The van der Waals surface area contributed by atoms with Crippen molar-refractivity contribution in [3.8, 4) is 0 Å². The molecule has 1 heterocycles. The van der Waals surface area contributed by atoms with E-state index in [0.717, 1.165) is 10.9 Å². The Morgan fingerprint density at radius 3 is 2.26 bits per heavy atom. The van der Waals surface area contributed by atoms with Crippen LogP contribution in [0.4, 0.5) is 0 Å². The van der Waals surface area contributed by atoms with Gasteiger partial charge in [-0.2, -0.15) is 0 Å². The normalized spacial score (nSPS) is 14.4. The maximum absolute atomic E-state index is 13.1. The van der Waals surface area contributed by atoms with Gasteiger partial charge in [-0.15, -0.1) is 0 Å². The van der Waals surface area contributed by atoms with E-state index in [1.807, 2.05) is 31.2 Å². The number of aromatic amines is 1. The topological polar surface area (TPSA) is 204 Å². The van der Waals surface area contributed by atoms with Crippen LogP contribution >= 0.6 is 0 Å². The highest BCUT2D eigenvalue weighted by atomic mass is 16.4. The van der Waals surface area contributed by atoms with Gasteiger partial charge in [-0.25, -0.2) is 4.79 Å². The molecule has 0 radical (unpaired) electrons. The number of H-pyrrole nitrogens is 1. The third-order valence-corrected chi connectivity index (χ3v) is 5.72. The van der Waals surface area contributed by atoms with Gasteiger partial charge in [0.25, 0.3) is 0 Å². The highest BCUT2D eigenvalue weighted by molar-refractivity contribution is 5.95. The summed E-state index contributed by atoms with van der Waals surface area (Å²) in [4.78, 5) is 63.7. The number of carbonyl (C=O) groups excluding carboxylic acids is 3. The predicted molar refractivity (Wildman–Crippen MR) is 126 cm³/mol. The number of aliphatic carboxylic acids is 2. The molecule has 4 unspecified atom stereocenters. The number of hydrogen-bond acceptors (Lipinski definition) is 6. The lowest BCUT2D eigenvalue weighted by molar-refractivity contribution is -0.147. The molecule has 0 fully saturated rings. The molecule has 2 aromatic rings. The zero-order valence-electron chi connectivity index (χ0n) is 19.5. The largest absolute Gasteiger partial charge is 0.481 e. The van der Waals surface area contributed by atoms with Crippen molar-refractivity contribution in [1.82, 2.24) is 20.9 Å². The second-order valence-corrected chi connectivity index (χ2v) is 8.26. The van der Waals surface area contributed by atoms with Crippen LogP contribution in [0.25, 0.3) is 10.9 Å². The molecule has 12 heteroatoms. The third kappa shape index (κ3) is 7.54. The van der Waals surface area contributed by atoms with Crippen molar-refractivity contribution in [2.24, 2.45) is 11.7 Å². The van der Waals surface area contributed by atoms with Crippen LogP contribution in [0.3, 0.4) is 0 Å². The Morgan fingerprint density at radius 2 is 1.66 bits per heavy atom. The number of benzene rings is 1. The second-order valence-electron chi connectivity index (χ2n) is 8.26. The summed E-state index contributed by atoms with van der Waals surface area (Å²) in [5.41, 5.74) is 6.84. The van der Waals surface area contributed by atoms with Gasteiger partial charge in [-0.1, -0.05) is 38.5 Å². The average Bonchev–Trinajstić information content (AvgIpc) is 3.23. The van der Waals surface area contributed by atoms with Crippen LogP contribution in [0.1, 0.15) is 32.3 Å². The number of hydrogen-bond donors (Lipinski definition) is 7. The Kier molecular flexibility index (Phi) is 9.76. The summed E-state index contributed by atoms with van der Waals surface area (Å²) in [5.74, 6) is -5.28. The SMILES string of the molecule is CCC(C)C(NC(=O)CN)C(=O)NC(Cc1c[nH]c2ccccc12)C(=O)NC(CC(=O)O)C(=O)O. The molecule has 0 saturated carbocycles. The summed E-state index contributed by atoms with van der Waals surface area (Å²) < 4.78 is 0. The zero-order valence-corrected chi connectivity index (χ0v) is 19.5. The second kappa shape index (κ2) is 12.5. The van der Waals surface area contributed by atoms with Gasteiger partial charge in [0, 0.05) is 23.5 Å². The Balaban J connectivity index is 2.34.